The average molecular weight is 249 g/mol. The molecule has 1 saturated heterocycles. The van der Waals surface area contributed by atoms with Crippen molar-refractivity contribution in [2.45, 2.75) is 39.3 Å². The lowest BCUT2D eigenvalue weighted by molar-refractivity contribution is 0.150. The third kappa shape index (κ3) is 3.00. The summed E-state index contributed by atoms with van der Waals surface area (Å²) < 4.78 is 5.85. The Labute approximate surface area is 109 Å². The largest absolute Gasteiger partial charge is 0.444 e. The van der Waals surface area contributed by atoms with E-state index in [4.69, 9.17) is 4.42 Å². The summed E-state index contributed by atoms with van der Waals surface area (Å²) >= 11 is 0. The van der Waals surface area contributed by atoms with Crippen molar-refractivity contribution in [3.05, 3.63) is 23.9 Å². The first-order valence-corrected chi connectivity index (χ1v) is 6.80. The molecule has 0 spiro atoms. The summed E-state index contributed by atoms with van der Waals surface area (Å²) in [5, 5.41) is 3.39. The summed E-state index contributed by atoms with van der Waals surface area (Å²) in [6, 6.07) is 0.535. The molecule has 1 aliphatic heterocycles. The molecule has 1 aromatic heterocycles. The van der Waals surface area contributed by atoms with Gasteiger partial charge in [-0.2, -0.15) is 0 Å². The van der Waals surface area contributed by atoms with Crippen LogP contribution in [0.5, 0.6) is 0 Å². The Kier molecular flexibility index (Phi) is 4.55. The molecule has 0 aliphatic carbocycles. The number of hydrogen-bond donors (Lipinski definition) is 1. The fourth-order valence-electron chi connectivity index (χ4n) is 2.34. The van der Waals surface area contributed by atoms with Crippen molar-refractivity contribution in [2.75, 3.05) is 19.6 Å². The van der Waals surface area contributed by atoms with Gasteiger partial charge in [0.15, 0.2) is 0 Å². The number of hydrogen-bond acceptors (Lipinski definition) is 4. The summed E-state index contributed by atoms with van der Waals surface area (Å²) in [4.78, 5) is 6.94. The van der Waals surface area contributed by atoms with Crippen LogP contribution in [0.15, 0.2) is 11.0 Å². The molecule has 2 rings (SSSR count). The Hall–Kier alpha value is -1.13. The molecule has 1 aliphatic rings. The summed E-state index contributed by atoms with van der Waals surface area (Å²) in [5.74, 6) is 1.80. The van der Waals surface area contributed by atoms with E-state index in [-0.39, 0.29) is 0 Å². The van der Waals surface area contributed by atoms with Crippen LogP contribution in [0.2, 0.25) is 0 Å². The minimum Gasteiger partial charge on any atom is -0.444 e. The first-order chi connectivity index (χ1) is 8.74. The fourth-order valence-corrected chi connectivity index (χ4v) is 2.34. The zero-order valence-electron chi connectivity index (χ0n) is 11.4. The van der Waals surface area contributed by atoms with Gasteiger partial charge in [-0.1, -0.05) is 13.5 Å². The van der Waals surface area contributed by atoms with Crippen LogP contribution in [0.25, 0.3) is 6.08 Å². The molecule has 0 saturated carbocycles. The number of nitrogens with zero attached hydrogens (tertiary/aromatic N) is 2. The third-order valence-corrected chi connectivity index (χ3v) is 3.42. The Morgan fingerprint density at radius 3 is 3.11 bits per heavy atom. The standard InChI is InChI=1S/C14H23N3O/c1-4-6-13-12(5-2)16-14(18-13)10-17-8-7-15-9-11(17)3/h5,11,15H,2,4,6-10H2,1,3H3. The van der Waals surface area contributed by atoms with Gasteiger partial charge in [-0.15, -0.1) is 0 Å². The van der Waals surface area contributed by atoms with Gasteiger partial charge in [0.1, 0.15) is 11.5 Å². The van der Waals surface area contributed by atoms with Crippen LogP contribution in [0.3, 0.4) is 0 Å². The van der Waals surface area contributed by atoms with E-state index in [2.05, 4.69) is 35.6 Å². The minimum atomic E-state index is 0.535. The molecule has 100 valence electrons. The molecule has 0 bridgehead atoms. The molecule has 1 N–H and O–H groups in total. The first kappa shape index (κ1) is 13.3. The van der Waals surface area contributed by atoms with E-state index in [1.165, 1.54) is 0 Å². The summed E-state index contributed by atoms with van der Waals surface area (Å²) in [5.41, 5.74) is 0.912. The van der Waals surface area contributed by atoms with Crippen LogP contribution >= 0.6 is 0 Å². The molecular weight excluding hydrogens is 226 g/mol. The maximum Gasteiger partial charge on any atom is 0.209 e. The maximum atomic E-state index is 5.85. The minimum absolute atomic E-state index is 0.535. The number of aromatic nitrogens is 1. The molecule has 0 amide bonds. The molecule has 18 heavy (non-hydrogen) atoms. The van der Waals surface area contributed by atoms with Gasteiger partial charge in [-0.3, -0.25) is 4.90 Å². The lowest BCUT2D eigenvalue weighted by Gasteiger charge is -2.32. The molecule has 0 radical (unpaired) electrons. The van der Waals surface area contributed by atoms with Gasteiger partial charge < -0.3 is 9.73 Å². The van der Waals surface area contributed by atoms with Crippen LogP contribution < -0.4 is 5.32 Å². The third-order valence-electron chi connectivity index (χ3n) is 3.42. The number of nitrogens with one attached hydrogen (secondary N) is 1. The van der Waals surface area contributed by atoms with Gasteiger partial charge in [-0.05, 0) is 19.4 Å². The molecule has 4 heteroatoms. The highest BCUT2D eigenvalue weighted by molar-refractivity contribution is 5.43. The van der Waals surface area contributed by atoms with Crippen LogP contribution in [0.4, 0.5) is 0 Å². The molecular formula is C14H23N3O. The molecule has 1 aromatic rings. The average Bonchev–Trinajstić information content (AvgIpc) is 2.75. The van der Waals surface area contributed by atoms with Crippen LogP contribution in [-0.4, -0.2) is 35.6 Å². The van der Waals surface area contributed by atoms with Gasteiger partial charge in [0.25, 0.3) is 0 Å². The van der Waals surface area contributed by atoms with Gasteiger partial charge in [-0.25, -0.2) is 4.98 Å². The topological polar surface area (TPSA) is 41.3 Å². The van der Waals surface area contributed by atoms with Crippen molar-refractivity contribution in [3.63, 3.8) is 0 Å². The Balaban J connectivity index is 2.06. The van der Waals surface area contributed by atoms with Crippen LogP contribution in [0.1, 0.15) is 37.6 Å². The Morgan fingerprint density at radius 1 is 1.61 bits per heavy atom. The van der Waals surface area contributed by atoms with Crippen molar-refractivity contribution >= 4 is 6.08 Å². The Morgan fingerprint density at radius 2 is 2.44 bits per heavy atom. The van der Waals surface area contributed by atoms with Crippen LogP contribution in [0, 0.1) is 0 Å². The Bertz CT molecular complexity index is 400. The molecule has 4 nitrogen and oxygen atoms in total. The van der Waals surface area contributed by atoms with E-state index in [9.17, 15) is 0 Å². The van der Waals surface area contributed by atoms with E-state index < -0.39 is 0 Å². The van der Waals surface area contributed by atoms with Gasteiger partial charge in [0.05, 0.1) is 6.54 Å². The van der Waals surface area contributed by atoms with Crippen molar-refractivity contribution in [2.24, 2.45) is 0 Å². The number of piperazine rings is 1. The van der Waals surface area contributed by atoms with Crippen molar-refractivity contribution < 1.29 is 4.42 Å². The SMILES string of the molecule is C=Cc1nc(CN2CCNCC2C)oc1CCC. The molecule has 1 fully saturated rings. The number of aryl methyl sites for hydroxylation is 1. The van der Waals surface area contributed by atoms with Crippen molar-refractivity contribution in [1.29, 1.82) is 0 Å². The highest BCUT2D eigenvalue weighted by Gasteiger charge is 2.20. The molecule has 1 unspecified atom stereocenters. The maximum absolute atomic E-state index is 5.85. The first-order valence-electron chi connectivity index (χ1n) is 6.80. The summed E-state index contributed by atoms with van der Waals surface area (Å²) in [6.07, 6.45) is 3.80. The monoisotopic (exact) mass is 249 g/mol. The zero-order valence-corrected chi connectivity index (χ0v) is 11.4. The van der Waals surface area contributed by atoms with Gasteiger partial charge in [0, 0.05) is 32.1 Å². The van der Waals surface area contributed by atoms with Gasteiger partial charge >= 0.3 is 0 Å². The van der Waals surface area contributed by atoms with E-state index in [1.54, 1.807) is 6.08 Å². The van der Waals surface area contributed by atoms with Gasteiger partial charge in [0.2, 0.25) is 5.89 Å². The van der Waals surface area contributed by atoms with E-state index in [0.717, 1.165) is 56.4 Å². The molecule has 0 aromatic carbocycles. The van der Waals surface area contributed by atoms with E-state index in [1.807, 2.05) is 0 Å². The zero-order chi connectivity index (χ0) is 13.0. The normalized spacial score (nSPS) is 21.1. The lowest BCUT2D eigenvalue weighted by atomic mass is 10.2. The fraction of sp³-hybridized carbons (Fsp3) is 0.643. The second kappa shape index (κ2) is 6.16. The van der Waals surface area contributed by atoms with E-state index in [0.29, 0.717) is 6.04 Å². The predicted octanol–water partition coefficient (Wildman–Crippen LogP) is 2.06. The summed E-state index contributed by atoms with van der Waals surface area (Å²) in [7, 11) is 0. The van der Waals surface area contributed by atoms with Crippen molar-refractivity contribution in [3.8, 4) is 0 Å². The van der Waals surface area contributed by atoms with Crippen LogP contribution in [-0.2, 0) is 13.0 Å². The molecule has 2 heterocycles. The number of rotatable bonds is 5. The smallest absolute Gasteiger partial charge is 0.209 e. The highest BCUT2D eigenvalue weighted by Crippen LogP contribution is 2.17. The predicted molar refractivity (Wildman–Crippen MR) is 73.3 cm³/mol. The second-order valence-corrected chi connectivity index (χ2v) is 4.89. The highest BCUT2D eigenvalue weighted by atomic mass is 16.4. The lowest BCUT2D eigenvalue weighted by Crippen LogP contribution is -2.49. The van der Waals surface area contributed by atoms with Crippen molar-refractivity contribution in [1.82, 2.24) is 15.2 Å². The number of oxazole rings is 1. The summed E-state index contributed by atoms with van der Waals surface area (Å²) in [6.45, 7) is 12.1. The quantitative estimate of drug-likeness (QED) is 0.867. The molecule has 1 atom stereocenters. The van der Waals surface area contributed by atoms with E-state index >= 15 is 0 Å². The second-order valence-electron chi connectivity index (χ2n) is 4.89.